The fourth-order valence-electron chi connectivity index (χ4n) is 2.73. The van der Waals surface area contributed by atoms with E-state index < -0.39 is 29.7 Å². The van der Waals surface area contributed by atoms with Crippen LogP contribution in [0.2, 0.25) is 0 Å². The maximum Gasteiger partial charge on any atom is 0.415 e. The molecule has 1 atom stereocenters. The lowest BCUT2D eigenvalue weighted by molar-refractivity contribution is -0.127. The summed E-state index contributed by atoms with van der Waals surface area (Å²) >= 11 is 0. The predicted octanol–water partition coefficient (Wildman–Crippen LogP) is 0.486. The Morgan fingerprint density at radius 2 is 2.00 bits per heavy atom. The van der Waals surface area contributed by atoms with Gasteiger partial charge in [0.25, 0.3) is 5.91 Å². The van der Waals surface area contributed by atoms with E-state index in [-0.39, 0.29) is 36.9 Å². The SMILES string of the molecule is CNC(=O)[C@H]1CN(c2cc(F)c(N3C=CC(=O)NCC3)c(F)c2)C(=O)O1. The van der Waals surface area contributed by atoms with Crippen LogP contribution < -0.4 is 20.4 Å². The molecule has 1 fully saturated rings. The van der Waals surface area contributed by atoms with Crippen molar-refractivity contribution >= 4 is 29.3 Å². The smallest absolute Gasteiger partial charge is 0.415 e. The fourth-order valence-corrected chi connectivity index (χ4v) is 2.73. The number of amides is 3. The summed E-state index contributed by atoms with van der Waals surface area (Å²) in [6, 6.07) is 1.97. The largest absolute Gasteiger partial charge is 0.434 e. The molecular weight excluding hydrogens is 350 g/mol. The first-order chi connectivity index (χ1) is 12.4. The quantitative estimate of drug-likeness (QED) is 0.812. The van der Waals surface area contributed by atoms with Gasteiger partial charge in [0.1, 0.15) is 5.69 Å². The monoisotopic (exact) mass is 366 g/mol. The summed E-state index contributed by atoms with van der Waals surface area (Å²) in [5.74, 6) is -2.68. The first-order valence-electron chi connectivity index (χ1n) is 7.82. The molecule has 2 aliphatic heterocycles. The molecule has 0 unspecified atom stereocenters. The van der Waals surface area contributed by atoms with Crippen molar-refractivity contribution in [1.82, 2.24) is 10.6 Å². The summed E-state index contributed by atoms with van der Waals surface area (Å²) in [5, 5.41) is 4.89. The van der Waals surface area contributed by atoms with Gasteiger partial charge in [0, 0.05) is 44.5 Å². The van der Waals surface area contributed by atoms with Crippen molar-refractivity contribution in [3.05, 3.63) is 36.0 Å². The van der Waals surface area contributed by atoms with Crippen molar-refractivity contribution in [3.8, 4) is 0 Å². The normalized spacial score (nSPS) is 19.9. The van der Waals surface area contributed by atoms with E-state index in [0.717, 1.165) is 17.0 Å². The molecule has 2 N–H and O–H groups in total. The van der Waals surface area contributed by atoms with Crippen LogP contribution in [0.1, 0.15) is 0 Å². The highest BCUT2D eigenvalue weighted by Gasteiger charge is 2.37. The Morgan fingerprint density at radius 3 is 2.65 bits per heavy atom. The lowest BCUT2D eigenvalue weighted by atomic mass is 10.2. The number of anilines is 2. The molecule has 0 saturated carbocycles. The number of halogens is 2. The van der Waals surface area contributed by atoms with E-state index in [9.17, 15) is 23.2 Å². The molecule has 1 aromatic rings. The van der Waals surface area contributed by atoms with Gasteiger partial charge < -0.3 is 20.3 Å². The Hall–Kier alpha value is -3.17. The highest BCUT2D eigenvalue weighted by atomic mass is 19.1. The summed E-state index contributed by atoms with van der Waals surface area (Å²) < 4.78 is 34.0. The molecule has 1 saturated heterocycles. The number of hydrogen-bond donors (Lipinski definition) is 2. The lowest BCUT2D eigenvalue weighted by Gasteiger charge is -2.22. The molecule has 26 heavy (non-hydrogen) atoms. The summed E-state index contributed by atoms with van der Waals surface area (Å²) in [7, 11) is 1.39. The number of rotatable bonds is 3. The van der Waals surface area contributed by atoms with Gasteiger partial charge in [-0.2, -0.15) is 0 Å². The number of carbonyl (C=O) groups excluding carboxylic acids is 3. The van der Waals surface area contributed by atoms with Gasteiger partial charge in [-0.05, 0) is 0 Å². The van der Waals surface area contributed by atoms with Crippen molar-refractivity contribution in [1.29, 1.82) is 0 Å². The van der Waals surface area contributed by atoms with Crippen LogP contribution in [0.25, 0.3) is 0 Å². The van der Waals surface area contributed by atoms with Crippen molar-refractivity contribution in [2.45, 2.75) is 6.10 Å². The van der Waals surface area contributed by atoms with Crippen LogP contribution in [-0.4, -0.2) is 50.7 Å². The maximum atomic E-state index is 14.5. The number of hydrogen-bond acceptors (Lipinski definition) is 5. The molecule has 0 bridgehead atoms. The van der Waals surface area contributed by atoms with Gasteiger partial charge in [0.15, 0.2) is 17.7 Å². The minimum atomic E-state index is -1.05. The Bertz CT molecular complexity index is 775. The Kier molecular flexibility index (Phi) is 4.74. The van der Waals surface area contributed by atoms with Crippen LogP contribution in [0.4, 0.5) is 25.0 Å². The molecule has 0 aromatic heterocycles. The van der Waals surface area contributed by atoms with Gasteiger partial charge in [0.05, 0.1) is 12.2 Å². The van der Waals surface area contributed by atoms with E-state index in [4.69, 9.17) is 4.74 Å². The number of cyclic esters (lactones) is 1. The Balaban J connectivity index is 1.88. The van der Waals surface area contributed by atoms with Crippen molar-refractivity contribution in [3.63, 3.8) is 0 Å². The van der Waals surface area contributed by atoms with Crippen molar-refractivity contribution < 1.29 is 27.9 Å². The summed E-state index contributed by atoms with van der Waals surface area (Å²) in [4.78, 5) is 37.0. The Morgan fingerprint density at radius 1 is 1.31 bits per heavy atom. The maximum absolute atomic E-state index is 14.5. The molecule has 3 amide bonds. The molecule has 0 radical (unpaired) electrons. The zero-order valence-electron chi connectivity index (χ0n) is 13.8. The van der Waals surface area contributed by atoms with Crippen molar-refractivity contribution in [2.75, 3.05) is 36.5 Å². The molecular formula is C16H16F2N4O4. The average Bonchev–Trinajstić information content (AvgIpc) is 2.86. The van der Waals surface area contributed by atoms with Gasteiger partial charge in [-0.1, -0.05) is 0 Å². The van der Waals surface area contributed by atoms with Gasteiger partial charge in [-0.3, -0.25) is 14.5 Å². The second kappa shape index (κ2) is 6.98. The molecule has 10 heteroatoms. The number of carbonyl (C=O) groups is 3. The second-order valence-electron chi connectivity index (χ2n) is 5.66. The van der Waals surface area contributed by atoms with Crippen LogP contribution in [0.3, 0.4) is 0 Å². The second-order valence-corrected chi connectivity index (χ2v) is 5.66. The third-order valence-corrected chi connectivity index (χ3v) is 4.01. The predicted molar refractivity (Wildman–Crippen MR) is 87.5 cm³/mol. The third-order valence-electron chi connectivity index (χ3n) is 4.01. The van der Waals surface area contributed by atoms with Crippen molar-refractivity contribution in [2.24, 2.45) is 0 Å². The first kappa shape index (κ1) is 17.6. The number of benzene rings is 1. The summed E-state index contributed by atoms with van der Waals surface area (Å²) in [6.07, 6.45) is 0.541. The van der Waals surface area contributed by atoms with Gasteiger partial charge in [-0.25, -0.2) is 13.6 Å². The highest BCUT2D eigenvalue weighted by Crippen LogP contribution is 2.31. The molecule has 0 aliphatic carbocycles. The minimum absolute atomic E-state index is 0.0619. The van der Waals surface area contributed by atoms with E-state index >= 15 is 0 Å². The molecule has 2 aliphatic rings. The van der Waals surface area contributed by atoms with Crippen LogP contribution in [0.15, 0.2) is 24.4 Å². The average molecular weight is 366 g/mol. The van der Waals surface area contributed by atoms with Crippen LogP contribution >= 0.6 is 0 Å². The minimum Gasteiger partial charge on any atom is -0.434 e. The molecule has 8 nitrogen and oxygen atoms in total. The summed E-state index contributed by atoms with van der Waals surface area (Å²) in [6.45, 7) is 0.247. The van der Waals surface area contributed by atoms with Gasteiger partial charge >= 0.3 is 6.09 Å². The number of likely N-dealkylation sites (N-methyl/N-ethyl adjacent to an activating group) is 1. The number of nitrogens with one attached hydrogen (secondary N) is 2. The molecule has 138 valence electrons. The third kappa shape index (κ3) is 3.30. The highest BCUT2D eigenvalue weighted by molar-refractivity contribution is 5.95. The zero-order chi connectivity index (χ0) is 18.8. The van der Waals surface area contributed by atoms with E-state index in [1.807, 2.05) is 0 Å². The van der Waals surface area contributed by atoms with Crippen LogP contribution in [-0.2, 0) is 14.3 Å². The molecule has 3 rings (SSSR count). The van der Waals surface area contributed by atoms with Gasteiger partial charge in [0.2, 0.25) is 5.91 Å². The Labute approximate surface area is 147 Å². The van der Waals surface area contributed by atoms with E-state index in [0.29, 0.717) is 0 Å². The van der Waals surface area contributed by atoms with E-state index in [1.54, 1.807) is 0 Å². The van der Waals surface area contributed by atoms with Crippen LogP contribution in [0, 0.1) is 11.6 Å². The number of nitrogens with zero attached hydrogens (tertiary/aromatic N) is 2. The van der Waals surface area contributed by atoms with Crippen LogP contribution in [0.5, 0.6) is 0 Å². The summed E-state index contributed by atoms with van der Waals surface area (Å²) in [5.41, 5.74) is -0.398. The topological polar surface area (TPSA) is 91.0 Å². The first-order valence-corrected chi connectivity index (χ1v) is 7.82. The fraction of sp³-hybridized carbons (Fsp3) is 0.312. The number of ether oxygens (including phenoxy) is 1. The van der Waals surface area contributed by atoms with Gasteiger partial charge in [-0.15, -0.1) is 0 Å². The molecule has 2 heterocycles. The lowest BCUT2D eigenvalue weighted by Crippen LogP contribution is -2.35. The standard InChI is InChI=1S/C16H16F2N4O4/c1-19-15(24)12-8-22(16(25)26-12)9-6-10(17)14(11(18)7-9)21-4-2-13(23)20-3-5-21/h2,4,6-7,12H,3,5,8H2,1H3,(H,19,24)(H,20,23)/t12-/m1/s1. The zero-order valence-corrected chi connectivity index (χ0v) is 13.8. The molecule has 0 spiro atoms. The molecule has 1 aromatic carbocycles. The van der Waals surface area contributed by atoms with E-state index in [1.165, 1.54) is 24.2 Å². The van der Waals surface area contributed by atoms with E-state index in [2.05, 4.69) is 10.6 Å².